The maximum absolute atomic E-state index is 12.2. The van der Waals surface area contributed by atoms with E-state index in [1.54, 1.807) is 10.9 Å². The zero-order chi connectivity index (χ0) is 13.2. The van der Waals surface area contributed by atoms with Crippen molar-refractivity contribution in [3.63, 3.8) is 0 Å². The van der Waals surface area contributed by atoms with Crippen molar-refractivity contribution in [2.24, 2.45) is 0 Å². The first-order valence-corrected chi connectivity index (χ1v) is 5.86. The molecule has 0 atom stereocenters. The minimum Gasteiger partial charge on any atom is -0.358 e. The van der Waals surface area contributed by atoms with E-state index in [2.05, 4.69) is 19.8 Å². The van der Waals surface area contributed by atoms with E-state index in [-0.39, 0.29) is 5.13 Å². The fourth-order valence-corrected chi connectivity index (χ4v) is 1.89. The van der Waals surface area contributed by atoms with Gasteiger partial charge in [-0.05, 0) is 12.5 Å². The lowest BCUT2D eigenvalue weighted by molar-refractivity contribution is -0.144. The molecular weight excluding hydrogens is 267 g/mol. The number of halogens is 3. The first kappa shape index (κ1) is 12.8. The lowest BCUT2D eigenvalue weighted by Gasteiger charge is -2.02. The Balaban J connectivity index is 1.85. The molecule has 2 aromatic heterocycles. The van der Waals surface area contributed by atoms with Crippen molar-refractivity contribution < 1.29 is 13.2 Å². The second kappa shape index (κ2) is 4.92. The van der Waals surface area contributed by atoms with Gasteiger partial charge in [0.05, 0.1) is 12.7 Å². The summed E-state index contributed by atoms with van der Waals surface area (Å²) < 4.78 is 41.6. The number of alkyl halides is 3. The summed E-state index contributed by atoms with van der Waals surface area (Å²) in [5, 5.41) is 6.99. The summed E-state index contributed by atoms with van der Waals surface area (Å²) in [6.07, 6.45) is -0.925. The third kappa shape index (κ3) is 3.19. The smallest absolute Gasteiger partial charge is 0.358 e. The SMILES string of the molecule is Cc1cnn(CCNc2nc(C(F)(F)F)ns2)c1. The van der Waals surface area contributed by atoms with Gasteiger partial charge < -0.3 is 5.32 Å². The van der Waals surface area contributed by atoms with Crippen LogP contribution >= 0.6 is 11.5 Å². The maximum atomic E-state index is 12.2. The van der Waals surface area contributed by atoms with Crippen LogP contribution in [0.4, 0.5) is 18.3 Å². The summed E-state index contributed by atoms with van der Waals surface area (Å²) >= 11 is 0.695. The normalized spacial score (nSPS) is 11.8. The summed E-state index contributed by atoms with van der Waals surface area (Å²) in [4.78, 5) is 3.36. The molecule has 0 aliphatic heterocycles. The summed E-state index contributed by atoms with van der Waals surface area (Å²) in [6, 6.07) is 0. The monoisotopic (exact) mass is 277 g/mol. The number of aryl methyl sites for hydroxylation is 1. The van der Waals surface area contributed by atoms with Gasteiger partial charge in [0, 0.05) is 24.3 Å². The van der Waals surface area contributed by atoms with Crippen LogP contribution in [0, 0.1) is 6.92 Å². The van der Waals surface area contributed by atoms with Crippen molar-refractivity contribution >= 4 is 16.7 Å². The molecule has 2 rings (SSSR count). The molecule has 0 spiro atoms. The average Bonchev–Trinajstić information content (AvgIpc) is 2.87. The van der Waals surface area contributed by atoms with Gasteiger partial charge in [-0.1, -0.05) is 0 Å². The molecule has 0 amide bonds. The van der Waals surface area contributed by atoms with Crippen molar-refractivity contribution in [3.05, 3.63) is 23.8 Å². The molecule has 0 aliphatic rings. The predicted molar refractivity (Wildman–Crippen MR) is 60.4 cm³/mol. The fraction of sp³-hybridized carbons (Fsp3) is 0.444. The van der Waals surface area contributed by atoms with E-state index in [1.165, 1.54) is 0 Å². The number of nitrogens with zero attached hydrogens (tertiary/aromatic N) is 4. The van der Waals surface area contributed by atoms with Gasteiger partial charge in [-0.2, -0.15) is 27.6 Å². The molecular formula is C9H10F3N5S. The standard InChI is InChI=1S/C9H10F3N5S/c1-6-4-14-17(5-6)3-2-13-8-15-7(16-18-8)9(10,11)12/h4-5H,2-3H2,1H3,(H,13,15,16). The Labute approximate surface area is 105 Å². The van der Waals surface area contributed by atoms with Crippen LogP contribution in [0.2, 0.25) is 0 Å². The van der Waals surface area contributed by atoms with Gasteiger partial charge in [-0.25, -0.2) is 0 Å². The Morgan fingerprint density at radius 3 is 2.78 bits per heavy atom. The Bertz CT molecular complexity index is 518. The highest BCUT2D eigenvalue weighted by atomic mass is 32.1. The molecule has 1 N–H and O–H groups in total. The van der Waals surface area contributed by atoms with Gasteiger partial charge in [-0.3, -0.25) is 4.68 Å². The molecule has 0 aliphatic carbocycles. The first-order chi connectivity index (χ1) is 8.45. The third-order valence-corrected chi connectivity index (χ3v) is 2.73. The van der Waals surface area contributed by atoms with Crippen molar-refractivity contribution in [1.29, 1.82) is 0 Å². The number of hydrogen-bond donors (Lipinski definition) is 1. The summed E-state index contributed by atoms with van der Waals surface area (Å²) in [7, 11) is 0. The van der Waals surface area contributed by atoms with E-state index in [1.807, 2.05) is 13.1 Å². The van der Waals surface area contributed by atoms with Crippen molar-refractivity contribution in [2.75, 3.05) is 11.9 Å². The highest BCUT2D eigenvalue weighted by molar-refractivity contribution is 7.09. The quantitative estimate of drug-likeness (QED) is 0.930. The molecule has 0 saturated carbocycles. The van der Waals surface area contributed by atoms with Gasteiger partial charge in [-0.15, -0.1) is 0 Å². The van der Waals surface area contributed by atoms with E-state index >= 15 is 0 Å². The summed E-state index contributed by atoms with van der Waals surface area (Å²) in [6.45, 7) is 2.90. The molecule has 0 bridgehead atoms. The Morgan fingerprint density at radius 1 is 1.44 bits per heavy atom. The molecule has 2 aromatic rings. The first-order valence-electron chi connectivity index (χ1n) is 5.09. The second-order valence-electron chi connectivity index (χ2n) is 3.63. The van der Waals surface area contributed by atoms with Gasteiger partial charge in [0.15, 0.2) is 0 Å². The van der Waals surface area contributed by atoms with Crippen molar-refractivity contribution in [3.8, 4) is 0 Å². The predicted octanol–water partition coefficient (Wildman–Crippen LogP) is 2.17. The minimum absolute atomic E-state index is 0.159. The van der Waals surface area contributed by atoms with Gasteiger partial charge in [0.2, 0.25) is 11.0 Å². The van der Waals surface area contributed by atoms with Crippen LogP contribution in [0.3, 0.4) is 0 Å². The van der Waals surface area contributed by atoms with Crippen molar-refractivity contribution in [2.45, 2.75) is 19.6 Å². The van der Waals surface area contributed by atoms with Crippen LogP contribution in [0.1, 0.15) is 11.4 Å². The minimum atomic E-state index is -4.49. The maximum Gasteiger partial charge on any atom is 0.452 e. The van der Waals surface area contributed by atoms with E-state index in [9.17, 15) is 13.2 Å². The summed E-state index contributed by atoms with van der Waals surface area (Å²) in [5.74, 6) is -1.11. The van der Waals surface area contributed by atoms with Crippen LogP contribution in [0.25, 0.3) is 0 Å². The number of nitrogens with one attached hydrogen (secondary N) is 1. The number of hydrogen-bond acceptors (Lipinski definition) is 5. The molecule has 0 saturated heterocycles. The zero-order valence-corrected chi connectivity index (χ0v) is 10.2. The Kier molecular flexibility index (Phi) is 3.50. The molecule has 18 heavy (non-hydrogen) atoms. The van der Waals surface area contributed by atoms with E-state index in [0.717, 1.165) is 5.56 Å². The Hall–Kier alpha value is -1.64. The van der Waals surface area contributed by atoms with E-state index < -0.39 is 12.0 Å². The molecule has 9 heteroatoms. The molecule has 98 valence electrons. The highest BCUT2D eigenvalue weighted by Gasteiger charge is 2.36. The highest BCUT2D eigenvalue weighted by Crippen LogP contribution is 2.28. The molecule has 0 unspecified atom stereocenters. The average molecular weight is 277 g/mol. The van der Waals surface area contributed by atoms with E-state index in [4.69, 9.17) is 0 Å². The number of aromatic nitrogens is 4. The third-order valence-electron chi connectivity index (χ3n) is 2.06. The van der Waals surface area contributed by atoms with E-state index in [0.29, 0.717) is 24.6 Å². The number of rotatable bonds is 4. The zero-order valence-electron chi connectivity index (χ0n) is 9.40. The summed E-state index contributed by atoms with van der Waals surface area (Å²) in [5.41, 5.74) is 1.03. The van der Waals surface area contributed by atoms with Gasteiger partial charge in [0.1, 0.15) is 0 Å². The van der Waals surface area contributed by atoms with Crippen LogP contribution < -0.4 is 5.32 Å². The lowest BCUT2D eigenvalue weighted by atomic mass is 10.4. The van der Waals surface area contributed by atoms with Crippen LogP contribution in [-0.4, -0.2) is 25.7 Å². The molecule has 2 heterocycles. The topological polar surface area (TPSA) is 55.6 Å². The molecule has 5 nitrogen and oxygen atoms in total. The fourth-order valence-electron chi connectivity index (χ4n) is 1.28. The molecule has 0 aromatic carbocycles. The van der Waals surface area contributed by atoms with Crippen molar-refractivity contribution in [1.82, 2.24) is 19.1 Å². The van der Waals surface area contributed by atoms with Crippen LogP contribution in [-0.2, 0) is 12.7 Å². The molecule has 0 radical (unpaired) electrons. The second-order valence-corrected chi connectivity index (χ2v) is 4.38. The number of anilines is 1. The van der Waals surface area contributed by atoms with Crippen LogP contribution in [0.15, 0.2) is 12.4 Å². The lowest BCUT2D eigenvalue weighted by Crippen LogP contribution is -2.11. The largest absolute Gasteiger partial charge is 0.452 e. The van der Waals surface area contributed by atoms with Gasteiger partial charge in [0.25, 0.3) is 0 Å². The molecule has 0 fully saturated rings. The Morgan fingerprint density at radius 2 is 2.22 bits per heavy atom. The van der Waals surface area contributed by atoms with Crippen LogP contribution in [0.5, 0.6) is 0 Å². The van der Waals surface area contributed by atoms with Gasteiger partial charge >= 0.3 is 6.18 Å².